The first kappa shape index (κ1) is 8.81. The average Bonchev–Trinajstić information content (AvgIpc) is 2.20. The molecule has 70 valence electrons. The summed E-state index contributed by atoms with van der Waals surface area (Å²) < 4.78 is 0. The quantitative estimate of drug-likeness (QED) is 0.738. The van der Waals surface area contributed by atoms with Gasteiger partial charge in [-0.2, -0.15) is 11.8 Å². The summed E-state index contributed by atoms with van der Waals surface area (Å²) in [6, 6.07) is 0. The van der Waals surface area contributed by atoms with Gasteiger partial charge in [0.2, 0.25) is 0 Å². The van der Waals surface area contributed by atoms with Crippen LogP contribution in [-0.2, 0) is 0 Å². The van der Waals surface area contributed by atoms with E-state index in [2.05, 4.69) is 9.97 Å². The third kappa shape index (κ3) is 1.94. The lowest BCUT2D eigenvalue weighted by molar-refractivity contribution is 0.610. The fourth-order valence-electron chi connectivity index (χ4n) is 1.62. The average molecular weight is 196 g/mol. The number of aromatic nitrogens is 2. The highest BCUT2D eigenvalue weighted by atomic mass is 32.2. The molecule has 1 aliphatic rings. The molecule has 13 heavy (non-hydrogen) atoms. The maximum absolute atomic E-state index is 11.4. The molecule has 0 aromatic carbocycles. The molecule has 2 rings (SSSR count). The summed E-state index contributed by atoms with van der Waals surface area (Å²) in [6.45, 7) is 0. The molecule has 0 unspecified atom stereocenters. The minimum Gasteiger partial charge on any atom is -0.326 e. The molecular weight excluding hydrogens is 184 g/mol. The highest BCUT2D eigenvalue weighted by molar-refractivity contribution is 7.99. The molecule has 1 aliphatic heterocycles. The Bertz CT molecular complexity index is 330. The zero-order valence-electron chi connectivity index (χ0n) is 7.32. The summed E-state index contributed by atoms with van der Waals surface area (Å²) in [7, 11) is 0. The first-order valence-corrected chi connectivity index (χ1v) is 5.65. The van der Waals surface area contributed by atoms with Crippen LogP contribution in [0.5, 0.6) is 0 Å². The van der Waals surface area contributed by atoms with Gasteiger partial charge in [0.05, 0.1) is 0 Å². The number of nitrogens with zero attached hydrogens (tertiary/aromatic N) is 1. The molecule has 4 heteroatoms. The van der Waals surface area contributed by atoms with E-state index in [-0.39, 0.29) is 5.56 Å². The van der Waals surface area contributed by atoms with Crippen molar-refractivity contribution >= 4 is 11.8 Å². The van der Waals surface area contributed by atoms with Crippen LogP contribution in [-0.4, -0.2) is 21.5 Å². The molecule has 0 amide bonds. The Balaban J connectivity index is 2.24. The molecule has 0 saturated carbocycles. The number of hydrogen-bond donors (Lipinski definition) is 1. The van der Waals surface area contributed by atoms with E-state index in [4.69, 9.17) is 0 Å². The minimum absolute atomic E-state index is 0.0144. The Morgan fingerprint density at radius 2 is 2.23 bits per heavy atom. The number of aromatic amines is 1. The normalized spacial score (nSPS) is 18.8. The van der Waals surface area contributed by atoms with E-state index in [1.165, 1.54) is 0 Å². The summed E-state index contributed by atoms with van der Waals surface area (Å²) in [5, 5.41) is 0. The van der Waals surface area contributed by atoms with Gasteiger partial charge in [-0.25, -0.2) is 0 Å². The summed E-state index contributed by atoms with van der Waals surface area (Å²) in [6.07, 6.45) is 5.43. The molecular formula is C9H12N2OS. The molecule has 0 spiro atoms. The molecule has 1 N–H and O–H groups in total. The van der Waals surface area contributed by atoms with E-state index in [1.54, 1.807) is 12.4 Å². The molecule has 0 atom stereocenters. The SMILES string of the molecule is O=c1[nH]ccnc1C1CCSCC1. The number of nitrogens with one attached hydrogen (secondary N) is 1. The molecule has 1 fully saturated rings. The van der Waals surface area contributed by atoms with Crippen LogP contribution in [0.2, 0.25) is 0 Å². The molecule has 1 saturated heterocycles. The Kier molecular flexibility index (Phi) is 2.68. The third-order valence-corrected chi connectivity index (χ3v) is 3.39. The summed E-state index contributed by atoms with van der Waals surface area (Å²) in [5.74, 6) is 2.69. The number of hydrogen-bond acceptors (Lipinski definition) is 3. The molecule has 0 bridgehead atoms. The molecule has 1 aromatic heterocycles. The van der Waals surface area contributed by atoms with Gasteiger partial charge in [0.25, 0.3) is 5.56 Å². The van der Waals surface area contributed by atoms with E-state index in [0.717, 1.165) is 30.0 Å². The first-order chi connectivity index (χ1) is 6.38. The van der Waals surface area contributed by atoms with Gasteiger partial charge in [-0.3, -0.25) is 9.78 Å². The van der Waals surface area contributed by atoms with Gasteiger partial charge in [-0.1, -0.05) is 0 Å². The number of rotatable bonds is 1. The van der Waals surface area contributed by atoms with Crippen LogP contribution in [0.4, 0.5) is 0 Å². The summed E-state index contributed by atoms with van der Waals surface area (Å²) in [4.78, 5) is 18.2. The topological polar surface area (TPSA) is 45.8 Å². The van der Waals surface area contributed by atoms with Crippen LogP contribution in [0.25, 0.3) is 0 Å². The van der Waals surface area contributed by atoms with Crippen molar-refractivity contribution in [1.82, 2.24) is 9.97 Å². The lowest BCUT2D eigenvalue weighted by atomic mass is 9.99. The first-order valence-electron chi connectivity index (χ1n) is 4.49. The van der Waals surface area contributed by atoms with Crippen molar-refractivity contribution in [3.63, 3.8) is 0 Å². The predicted octanol–water partition coefficient (Wildman–Crippen LogP) is 1.38. The lowest BCUT2D eigenvalue weighted by Crippen LogP contribution is -2.20. The zero-order chi connectivity index (χ0) is 9.10. The standard InChI is InChI=1S/C9H12N2OS/c12-9-8(10-3-4-11-9)7-1-5-13-6-2-7/h3-4,7H,1-2,5-6H2,(H,11,12). The maximum atomic E-state index is 11.4. The Morgan fingerprint density at radius 3 is 2.92 bits per heavy atom. The van der Waals surface area contributed by atoms with E-state index in [9.17, 15) is 4.79 Å². The van der Waals surface area contributed by atoms with E-state index in [1.807, 2.05) is 11.8 Å². The molecule has 0 radical (unpaired) electrons. The largest absolute Gasteiger partial charge is 0.326 e. The van der Waals surface area contributed by atoms with Crippen molar-refractivity contribution in [3.05, 3.63) is 28.4 Å². The van der Waals surface area contributed by atoms with Crippen molar-refractivity contribution in [2.75, 3.05) is 11.5 Å². The van der Waals surface area contributed by atoms with Gasteiger partial charge in [0, 0.05) is 18.3 Å². The molecule has 3 nitrogen and oxygen atoms in total. The highest BCUT2D eigenvalue weighted by Gasteiger charge is 2.19. The summed E-state index contributed by atoms with van der Waals surface area (Å²) >= 11 is 1.96. The lowest BCUT2D eigenvalue weighted by Gasteiger charge is -2.19. The van der Waals surface area contributed by atoms with Crippen molar-refractivity contribution in [2.24, 2.45) is 0 Å². The van der Waals surface area contributed by atoms with Gasteiger partial charge in [-0.15, -0.1) is 0 Å². The second kappa shape index (κ2) is 3.96. The van der Waals surface area contributed by atoms with Gasteiger partial charge < -0.3 is 4.98 Å². The minimum atomic E-state index is -0.0144. The van der Waals surface area contributed by atoms with Crippen molar-refractivity contribution in [1.29, 1.82) is 0 Å². The maximum Gasteiger partial charge on any atom is 0.269 e. The third-order valence-electron chi connectivity index (χ3n) is 2.34. The fraction of sp³-hybridized carbons (Fsp3) is 0.556. The molecule has 2 heterocycles. The zero-order valence-corrected chi connectivity index (χ0v) is 8.14. The van der Waals surface area contributed by atoms with Crippen molar-refractivity contribution in [3.8, 4) is 0 Å². The summed E-state index contributed by atoms with van der Waals surface area (Å²) in [5.41, 5.74) is 0.710. The molecule has 0 aliphatic carbocycles. The van der Waals surface area contributed by atoms with Crippen LogP contribution in [0.15, 0.2) is 17.2 Å². The second-order valence-electron chi connectivity index (χ2n) is 3.19. The Hall–Kier alpha value is -0.770. The Morgan fingerprint density at radius 1 is 1.46 bits per heavy atom. The van der Waals surface area contributed by atoms with Crippen LogP contribution >= 0.6 is 11.8 Å². The monoisotopic (exact) mass is 196 g/mol. The second-order valence-corrected chi connectivity index (χ2v) is 4.41. The van der Waals surface area contributed by atoms with Crippen molar-refractivity contribution < 1.29 is 0 Å². The van der Waals surface area contributed by atoms with Crippen LogP contribution in [0.3, 0.4) is 0 Å². The highest BCUT2D eigenvalue weighted by Crippen LogP contribution is 2.28. The Labute approximate surface area is 81.0 Å². The smallest absolute Gasteiger partial charge is 0.269 e. The van der Waals surface area contributed by atoms with E-state index < -0.39 is 0 Å². The van der Waals surface area contributed by atoms with Crippen molar-refractivity contribution in [2.45, 2.75) is 18.8 Å². The predicted molar refractivity (Wildman–Crippen MR) is 54.2 cm³/mol. The van der Waals surface area contributed by atoms with Gasteiger partial charge in [-0.05, 0) is 24.3 Å². The van der Waals surface area contributed by atoms with Gasteiger partial charge in [0.1, 0.15) is 5.69 Å². The van der Waals surface area contributed by atoms with Gasteiger partial charge >= 0.3 is 0 Å². The van der Waals surface area contributed by atoms with Crippen LogP contribution in [0.1, 0.15) is 24.5 Å². The number of thioether (sulfide) groups is 1. The number of H-pyrrole nitrogens is 1. The van der Waals surface area contributed by atoms with E-state index >= 15 is 0 Å². The van der Waals surface area contributed by atoms with Gasteiger partial charge in [0.15, 0.2) is 0 Å². The fourth-order valence-corrected chi connectivity index (χ4v) is 2.73. The van der Waals surface area contributed by atoms with Crippen LogP contribution < -0.4 is 5.56 Å². The molecule has 1 aromatic rings. The van der Waals surface area contributed by atoms with Crippen LogP contribution in [0, 0.1) is 0 Å². The van der Waals surface area contributed by atoms with E-state index in [0.29, 0.717) is 5.92 Å².